The van der Waals surface area contributed by atoms with E-state index in [9.17, 15) is 19.5 Å². The van der Waals surface area contributed by atoms with Gasteiger partial charge < -0.3 is 31.6 Å². The molecule has 0 fully saturated rings. The summed E-state index contributed by atoms with van der Waals surface area (Å²) in [5.41, 5.74) is 14.6. The molecule has 0 aliphatic rings. The Labute approximate surface area is 182 Å². The molecule has 2 aromatic heterocycles. The van der Waals surface area contributed by atoms with Crippen molar-refractivity contribution < 1.29 is 24.6 Å². The molecule has 11 nitrogen and oxygen atoms in total. The van der Waals surface area contributed by atoms with Crippen molar-refractivity contribution in [2.45, 2.75) is 25.4 Å². The number of carbonyl (C=O) groups excluding carboxylic acids is 1. The third-order valence-electron chi connectivity index (χ3n) is 4.82. The van der Waals surface area contributed by atoms with E-state index >= 15 is 0 Å². The largest absolute Gasteiger partial charge is 0.481 e. The lowest BCUT2D eigenvalue weighted by molar-refractivity contribution is -0.140. The first kappa shape index (κ1) is 22.3. The number of benzene rings is 1. The summed E-state index contributed by atoms with van der Waals surface area (Å²) < 4.78 is 1.84. The highest BCUT2D eigenvalue weighted by atomic mass is 16.4. The number of carboxylic acid groups (broad SMARTS) is 2. The van der Waals surface area contributed by atoms with Gasteiger partial charge >= 0.3 is 11.9 Å². The molecule has 0 radical (unpaired) electrons. The number of carboxylic acids is 2. The predicted molar refractivity (Wildman–Crippen MR) is 118 cm³/mol. The molecule has 0 saturated heterocycles. The van der Waals surface area contributed by atoms with Gasteiger partial charge in [-0.15, -0.1) is 0 Å². The van der Waals surface area contributed by atoms with Gasteiger partial charge in [0.2, 0.25) is 5.95 Å². The van der Waals surface area contributed by atoms with Crippen molar-refractivity contribution in [3.05, 3.63) is 54.2 Å². The number of anilines is 2. The minimum Gasteiger partial charge on any atom is -0.481 e. The first-order chi connectivity index (χ1) is 15.2. The predicted octanol–water partition coefficient (Wildman–Crippen LogP) is 1.36. The molecule has 32 heavy (non-hydrogen) atoms. The van der Waals surface area contributed by atoms with Crippen LogP contribution in [0.15, 0.2) is 43.1 Å². The van der Waals surface area contributed by atoms with Gasteiger partial charge in [-0.3, -0.25) is 9.59 Å². The van der Waals surface area contributed by atoms with Crippen LogP contribution in [-0.2, 0) is 16.1 Å². The standard InChI is InChI=1S/C21H22N6O5/c1-11(10-27-9-8-14-17(27)18(22)26-21(23)25-14)12-2-4-13(5-3-12)19(30)24-15(20(31)32)6-7-16(28)29/h2-5,8-9,15H,1,6-7,10H2,(H,24,30)(H,28,29)(H,31,32)(H4,22,23,25,26)/t15-/m1/s1. The topological polar surface area (TPSA) is 186 Å². The summed E-state index contributed by atoms with van der Waals surface area (Å²) in [7, 11) is 0. The number of fused-ring (bicyclic) bond motifs is 1. The van der Waals surface area contributed by atoms with Crippen molar-refractivity contribution in [3.8, 4) is 0 Å². The molecule has 0 aliphatic carbocycles. The fourth-order valence-electron chi connectivity index (χ4n) is 3.21. The van der Waals surface area contributed by atoms with Crippen LogP contribution in [0.2, 0.25) is 0 Å². The lowest BCUT2D eigenvalue weighted by atomic mass is 10.0. The molecule has 1 aromatic carbocycles. The normalized spacial score (nSPS) is 11.8. The van der Waals surface area contributed by atoms with Gasteiger partial charge in [-0.25, -0.2) is 9.78 Å². The highest BCUT2D eigenvalue weighted by Crippen LogP contribution is 2.23. The summed E-state index contributed by atoms with van der Waals surface area (Å²) in [6, 6.07) is 6.93. The second kappa shape index (κ2) is 9.16. The maximum Gasteiger partial charge on any atom is 0.326 e. The second-order valence-corrected chi connectivity index (χ2v) is 7.12. The first-order valence-corrected chi connectivity index (χ1v) is 9.57. The van der Waals surface area contributed by atoms with Crippen molar-refractivity contribution in [3.63, 3.8) is 0 Å². The van der Waals surface area contributed by atoms with Crippen LogP contribution in [0.3, 0.4) is 0 Å². The molecule has 1 atom stereocenters. The second-order valence-electron chi connectivity index (χ2n) is 7.12. The number of nitrogens with two attached hydrogens (primary N) is 2. The van der Waals surface area contributed by atoms with Crippen LogP contribution < -0.4 is 16.8 Å². The molecule has 2 heterocycles. The third kappa shape index (κ3) is 5.01. The van der Waals surface area contributed by atoms with Crippen molar-refractivity contribution in [2.75, 3.05) is 11.5 Å². The number of amides is 1. The van der Waals surface area contributed by atoms with Crippen LogP contribution in [0.25, 0.3) is 16.6 Å². The lowest BCUT2D eigenvalue weighted by Crippen LogP contribution is -2.41. The molecule has 166 valence electrons. The number of nitrogens with one attached hydrogen (secondary N) is 1. The molecule has 0 aliphatic heterocycles. The first-order valence-electron chi connectivity index (χ1n) is 9.57. The van der Waals surface area contributed by atoms with E-state index in [2.05, 4.69) is 21.9 Å². The molecule has 1 amide bonds. The Kier molecular flexibility index (Phi) is 6.38. The highest BCUT2D eigenvalue weighted by molar-refractivity contribution is 5.97. The molecule has 11 heteroatoms. The van der Waals surface area contributed by atoms with Crippen LogP contribution in [0.5, 0.6) is 0 Å². The Morgan fingerprint density at radius 3 is 2.34 bits per heavy atom. The zero-order chi connectivity index (χ0) is 23.4. The Morgan fingerprint density at radius 2 is 1.72 bits per heavy atom. The summed E-state index contributed by atoms with van der Waals surface area (Å²) in [6.07, 6.45) is 1.21. The van der Waals surface area contributed by atoms with Crippen LogP contribution in [0.4, 0.5) is 11.8 Å². The van der Waals surface area contributed by atoms with Gasteiger partial charge in [0.25, 0.3) is 5.91 Å². The summed E-state index contributed by atoms with van der Waals surface area (Å²) in [6.45, 7) is 4.47. The highest BCUT2D eigenvalue weighted by Gasteiger charge is 2.21. The lowest BCUT2D eigenvalue weighted by Gasteiger charge is -2.14. The maximum atomic E-state index is 12.4. The van der Waals surface area contributed by atoms with E-state index in [0.717, 1.165) is 11.1 Å². The molecule has 0 unspecified atom stereocenters. The SMILES string of the molecule is C=C(Cn1ccc2nc(N)nc(N)c21)c1ccc(C(=O)N[C@H](CCC(=O)O)C(=O)O)cc1. The van der Waals surface area contributed by atoms with Gasteiger partial charge in [0.15, 0.2) is 5.82 Å². The molecule has 0 bridgehead atoms. The number of nitrogens with zero attached hydrogens (tertiary/aromatic N) is 3. The quantitative estimate of drug-likeness (QED) is 0.329. The van der Waals surface area contributed by atoms with E-state index in [0.29, 0.717) is 17.6 Å². The number of nitrogen functional groups attached to an aromatic ring is 2. The molecule has 0 spiro atoms. The van der Waals surface area contributed by atoms with E-state index in [1.54, 1.807) is 24.4 Å². The third-order valence-corrected chi connectivity index (χ3v) is 4.82. The summed E-state index contributed by atoms with van der Waals surface area (Å²) in [5, 5.41) is 20.2. The summed E-state index contributed by atoms with van der Waals surface area (Å²) in [5.74, 6) is -2.70. The van der Waals surface area contributed by atoms with Gasteiger partial charge in [-0.05, 0) is 35.8 Å². The number of aliphatic carboxylic acids is 2. The Hall–Kier alpha value is -4.41. The van der Waals surface area contributed by atoms with Gasteiger partial charge in [0, 0.05) is 24.7 Å². The fraction of sp³-hybridized carbons (Fsp3) is 0.190. The van der Waals surface area contributed by atoms with Crippen molar-refractivity contribution in [2.24, 2.45) is 0 Å². The Bertz CT molecular complexity index is 1200. The van der Waals surface area contributed by atoms with Gasteiger partial charge in [-0.1, -0.05) is 18.7 Å². The number of rotatable bonds is 9. The van der Waals surface area contributed by atoms with E-state index in [1.165, 1.54) is 12.1 Å². The van der Waals surface area contributed by atoms with Crippen LogP contribution in [0.1, 0.15) is 28.8 Å². The summed E-state index contributed by atoms with van der Waals surface area (Å²) >= 11 is 0. The number of aromatic nitrogens is 3. The number of hydrogen-bond acceptors (Lipinski definition) is 7. The van der Waals surface area contributed by atoms with Gasteiger partial charge in [0.1, 0.15) is 11.6 Å². The summed E-state index contributed by atoms with van der Waals surface area (Å²) in [4.78, 5) is 42.4. The number of allylic oxidation sites excluding steroid dienone is 1. The number of hydrogen-bond donors (Lipinski definition) is 5. The molecular weight excluding hydrogens is 416 g/mol. The van der Waals surface area contributed by atoms with E-state index < -0.39 is 23.9 Å². The van der Waals surface area contributed by atoms with Crippen LogP contribution in [-0.4, -0.2) is 48.6 Å². The minimum atomic E-state index is -1.30. The van der Waals surface area contributed by atoms with E-state index in [-0.39, 0.29) is 30.2 Å². The Balaban J connectivity index is 1.70. The monoisotopic (exact) mass is 438 g/mol. The average molecular weight is 438 g/mol. The zero-order valence-corrected chi connectivity index (χ0v) is 17.0. The van der Waals surface area contributed by atoms with Crippen LogP contribution >= 0.6 is 0 Å². The maximum absolute atomic E-state index is 12.4. The zero-order valence-electron chi connectivity index (χ0n) is 17.0. The van der Waals surface area contributed by atoms with Crippen molar-refractivity contribution >= 4 is 46.2 Å². The molecule has 0 saturated carbocycles. The molecule has 3 aromatic rings. The van der Waals surface area contributed by atoms with Gasteiger partial charge in [0.05, 0.1) is 5.52 Å². The minimum absolute atomic E-state index is 0.0912. The molecule has 3 rings (SSSR count). The number of carbonyl (C=O) groups is 3. The molecular formula is C21H22N6O5. The van der Waals surface area contributed by atoms with Crippen LogP contribution in [0, 0.1) is 0 Å². The molecule has 7 N–H and O–H groups in total. The smallest absolute Gasteiger partial charge is 0.326 e. The fourth-order valence-corrected chi connectivity index (χ4v) is 3.21. The van der Waals surface area contributed by atoms with E-state index in [1.807, 2.05) is 4.57 Å². The van der Waals surface area contributed by atoms with Crippen molar-refractivity contribution in [1.29, 1.82) is 0 Å². The Morgan fingerprint density at radius 1 is 1.06 bits per heavy atom. The average Bonchev–Trinajstić information content (AvgIpc) is 3.13. The van der Waals surface area contributed by atoms with Gasteiger partial charge in [-0.2, -0.15) is 4.98 Å². The van der Waals surface area contributed by atoms with E-state index in [4.69, 9.17) is 16.6 Å². The van der Waals surface area contributed by atoms with Crippen molar-refractivity contribution in [1.82, 2.24) is 19.9 Å².